The molecule has 0 radical (unpaired) electrons. The zero-order valence-electron chi connectivity index (χ0n) is 17.4. The van der Waals surface area contributed by atoms with Gasteiger partial charge in [-0.3, -0.25) is 4.79 Å². The zero-order valence-corrected chi connectivity index (χ0v) is 17.4. The first-order valence-corrected chi connectivity index (χ1v) is 10.1. The van der Waals surface area contributed by atoms with E-state index in [-0.39, 0.29) is 11.9 Å². The highest BCUT2D eigenvalue weighted by Crippen LogP contribution is 2.22. The molecule has 0 bridgehead atoms. The number of rotatable bonds is 9. The van der Waals surface area contributed by atoms with Crippen LogP contribution in [0.3, 0.4) is 0 Å². The summed E-state index contributed by atoms with van der Waals surface area (Å²) in [6.45, 7) is 10.9. The van der Waals surface area contributed by atoms with Crippen molar-refractivity contribution in [2.75, 3.05) is 6.61 Å². The molecule has 1 atom stereocenters. The number of carbonyl (C=O) groups is 1. The number of hydrogen-bond donors (Lipinski definition) is 1. The number of imidazole rings is 1. The van der Waals surface area contributed by atoms with Crippen LogP contribution in [0.4, 0.5) is 0 Å². The van der Waals surface area contributed by atoms with Crippen molar-refractivity contribution in [3.63, 3.8) is 0 Å². The predicted octanol–water partition coefficient (Wildman–Crippen LogP) is 4.96. The van der Waals surface area contributed by atoms with Gasteiger partial charge in [0.15, 0.2) is 0 Å². The van der Waals surface area contributed by atoms with Crippen LogP contribution in [0.25, 0.3) is 11.0 Å². The van der Waals surface area contributed by atoms with Crippen LogP contribution in [-0.2, 0) is 11.3 Å². The van der Waals surface area contributed by atoms with Gasteiger partial charge in [0, 0.05) is 12.1 Å². The Morgan fingerprint density at radius 2 is 2.00 bits per heavy atom. The van der Waals surface area contributed by atoms with Gasteiger partial charge >= 0.3 is 0 Å². The molecule has 2 aromatic carbocycles. The van der Waals surface area contributed by atoms with E-state index in [1.54, 1.807) is 6.92 Å². The fourth-order valence-corrected chi connectivity index (χ4v) is 3.31. The Labute approximate surface area is 172 Å². The Kier molecular flexibility index (Phi) is 6.70. The minimum Gasteiger partial charge on any atom is -0.494 e. The molecule has 1 unspecified atom stereocenters. The maximum Gasteiger partial charge on any atom is 0.246 e. The van der Waals surface area contributed by atoms with E-state index in [2.05, 4.69) is 35.5 Å². The first-order chi connectivity index (χ1) is 14.0. The number of para-hydroxylation sites is 2. The van der Waals surface area contributed by atoms with Crippen molar-refractivity contribution in [3.8, 4) is 5.75 Å². The summed E-state index contributed by atoms with van der Waals surface area (Å²) in [5, 5.41) is 2.98. The molecule has 1 N–H and O–H groups in total. The van der Waals surface area contributed by atoms with Gasteiger partial charge in [0.1, 0.15) is 11.6 Å². The number of amides is 1. The highest BCUT2D eigenvalue weighted by molar-refractivity contribution is 5.92. The lowest BCUT2D eigenvalue weighted by Crippen LogP contribution is -2.29. The van der Waals surface area contributed by atoms with Gasteiger partial charge in [-0.05, 0) is 63.4 Å². The van der Waals surface area contributed by atoms with Gasteiger partial charge in [0.25, 0.3) is 0 Å². The van der Waals surface area contributed by atoms with Crippen LogP contribution < -0.4 is 10.1 Å². The second-order valence-electron chi connectivity index (χ2n) is 7.46. The molecule has 0 fully saturated rings. The van der Waals surface area contributed by atoms with Gasteiger partial charge in [0.2, 0.25) is 5.91 Å². The summed E-state index contributed by atoms with van der Waals surface area (Å²) >= 11 is 0. The van der Waals surface area contributed by atoms with Crippen molar-refractivity contribution in [3.05, 3.63) is 72.1 Å². The van der Waals surface area contributed by atoms with Crippen LogP contribution in [0.2, 0.25) is 0 Å². The van der Waals surface area contributed by atoms with Crippen LogP contribution in [-0.4, -0.2) is 22.1 Å². The van der Waals surface area contributed by atoms with Crippen molar-refractivity contribution >= 4 is 16.9 Å². The monoisotopic (exact) mass is 391 g/mol. The topological polar surface area (TPSA) is 56.2 Å². The van der Waals surface area contributed by atoms with Crippen LogP contribution in [0.1, 0.15) is 44.1 Å². The molecule has 0 spiro atoms. The smallest absolute Gasteiger partial charge is 0.246 e. The quantitative estimate of drug-likeness (QED) is 0.414. The van der Waals surface area contributed by atoms with E-state index in [0.717, 1.165) is 42.0 Å². The number of ether oxygens (including phenoxy) is 1. The largest absolute Gasteiger partial charge is 0.494 e. The highest BCUT2D eigenvalue weighted by Gasteiger charge is 2.18. The van der Waals surface area contributed by atoms with Gasteiger partial charge in [-0.15, -0.1) is 0 Å². The van der Waals surface area contributed by atoms with Crippen LogP contribution in [0.5, 0.6) is 5.75 Å². The number of carbonyl (C=O) groups excluding carboxylic acids is 1. The minimum absolute atomic E-state index is 0.150. The molecule has 0 saturated carbocycles. The molecular formula is C24H29N3O2. The molecular weight excluding hydrogens is 362 g/mol. The molecule has 3 rings (SSSR count). The number of unbranched alkanes of at least 4 members (excludes halogenated alkanes) is 1. The van der Waals surface area contributed by atoms with E-state index >= 15 is 0 Å². The Morgan fingerprint density at radius 3 is 2.76 bits per heavy atom. The Morgan fingerprint density at radius 1 is 1.21 bits per heavy atom. The number of aromatic nitrogens is 2. The fourth-order valence-electron chi connectivity index (χ4n) is 3.31. The van der Waals surface area contributed by atoms with E-state index in [0.29, 0.717) is 12.2 Å². The van der Waals surface area contributed by atoms with Gasteiger partial charge in [-0.25, -0.2) is 4.98 Å². The third-order valence-corrected chi connectivity index (χ3v) is 4.84. The third kappa shape index (κ3) is 5.25. The number of fused-ring (bicyclic) bond motifs is 1. The minimum atomic E-state index is -0.199. The van der Waals surface area contributed by atoms with Crippen molar-refractivity contribution < 1.29 is 9.53 Å². The summed E-state index contributed by atoms with van der Waals surface area (Å²) in [5.41, 5.74) is 3.71. The summed E-state index contributed by atoms with van der Waals surface area (Å²) in [4.78, 5) is 16.8. The molecule has 1 heterocycles. The van der Waals surface area contributed by atoms with Crippen molar-refractivity contribution in [1.29, 1.82) is 0 Å². The average Bonchev–Trinajstić information content (AvgIpc) is 3.06. The van der Waals surface area contributed by atoms with Crippen molar-refractivity contribution in [1.82, 2.24) is 14.9 Å². The van der Waals surface area contributed by atoms with Crippen molar-refractivity contribution in [2.24, 2.45) is 0 Å². The number of benzene rings is 2. The van der Waals surface area contributed by atoms with E-state index in [1.165, 1.54) is 5.56 Å². The molecule has 152 valence electrons. The summed E-state index contributed by atoms with van der Waals surface area (Å²) in [7, 11) is 0. The first-order valence-electron chi connectivity index (χ1n) is 10.1. The fraction of sp³-hybridized carbons (Fsp3) is 0.333. The molecule has 1 amide bonds. The first kappa shape index (κ1) is 20.6. The molecule has 29 heavy (non-hydrogen) atoms. The lowest BCUT2D eigenvalue weighted by atomic mass is 10.2. The highest BCUT2D eigenvalue weighted by atomic mass is 16.5. The second-order valence-corrected chi connectivity index (χ2v) is 7.46. The molecule has 5 heteroatoms. The maximum atomic E-state index is 12.0. The molecule has 0 aliphatic carbocycles. The van der Waals surface area contributed by atoms with Crippen LogP contribution in [0, 0.1) is 6.92 Å². The lowest BCUT2D eigenvalue weighted by molar-refractivity contribution is -0.118. The normalized spacial score (nSPS) is 12.0. The predicted molar refractivity (Wildman–Crippen MR) is 117 cm³/mol. The molecule has 0 aliphatic rings. The van der Waals surface area contributed by atoms with Crippen LogP contribution >= 0.6 is 0 Å². The standard InChI is InChI=1S/C24H29N3O2/c1-17(2)24(28)25-19(4)23-26-21-12-5-6-13-22(21)27(23)14-7-8-15-29-20-11-9-10-18(3)16-20/h5-6,9-13,16,19H,1,7-8,14-15H2,2-4H3,(H,25,28). The SMILES string of the molecule is C=C(C)C(=O)NC(C)c1nc2ccccc2n1CCCCOc1cccc(C)c1. The van der Waals surface area contributed by atoms with Gasteiger partial charge in [-0.1, -0.05) is 30.8 Å². The number of nitrogens with one attached hydrogen (secondary N) is 1. The Balaban J connectivity index is 1.65. The molecule has 0 aliphatic heterocycles. The summed E-state index contributed by atoms with van der Waals surface area (Å²) in [6, 6.07) is 16.0. The van der Waals surface area contributed by atoms with E-state index < -0.39 is 0 Å². The number of aryl methyl sites for hydroxylation is 2. The Hall–Kier alpha value is -3.08. The molecule has 0 saturated heterocycles. The number of hydrogen-bond acceptors (Lipinski definition) is 3. The van der Waals surface area contributed by atoms with Gasteiger partial charge < -0.3 is 14.6 Å². The van der Waals surface area contributed by atoms with Crippen molar-refractivity contribution in [2.45, 2.75) is 46.2 Å². The summed E-state index contributed by atoms with van der Waals surface area (Å²) in [6.07, 6.45) is 1.90. The van der Waals surface area contributed by atoms with E-state index in [4.69, 9.17) is 9.72 Å². The summed E-state index contributed by atoms with van der Waals surface area (Å²) in [5.74, 6) is 1.62. The summed E-state index contributed by atoms with van der Waals surface area (Å²) < 4.78 is 8.06. The second kappa shape index (κ2) is 9.41. The van der Waals surface area contributed by atoms with E-state index in [9.17, 15) is 4.79 Å². The maximum absolute atomic E-state index is 12.0. The van der Waals surface area contributed by atoms with Crippen LogP contribution in [0.15, 0.2) is 60.7 Å². The van der Waals surface area contributed by atoms with Gasteiger partial charge in [0.05, 0.1) is 23.7 Å². The molecule has 1 aromatic heterocycles. The molecule has 5 nitrogen and oxygen atoms in total. The zero-order chi connectivity index (χ0) is 20.8. The van der Waals surface area contributed by atoms with Gasteiger partial charge in [-0.2, -0.15) is 0 Å². The third-order valence-electron chi connectivity index (χ3n) is 4.84. The lowest BCUT2D eigenvalue weighted by Gasteiger charge is -2.16. The Bertz CT molecular complexity index is 1010. The average molecular weight is 392 g/mol. The molecule has 3 aromatic rings. The number of nitrogens with zero attached hydrogens (tertiary/aromatic N) is 2. The van der Waals surface area contributed by atoms with E-state index in [1.807, 2.05) is 43.3 Å².